The predicted octanol–water partition coefficient (Wildman–Crippen LogP) is 3.35. The molecule has 2 fully saturated rings. The third-order valence-electron chi connectivity index (χ3n) is 7.55. The van der Waals surface area contributed by atoms with Crippen molar-refractivity contribution in [1.82, 2.24) is 15.1 Å². The van der Waals surface area contributed by atoms with Crippen molar-refractivity contribution in [2.24, 2.45) is 0 Å². The number of amides is 2. The number of ketones is 1. The molecule has 1 saturated heterocycles. The van der Waals surface area contributed by atoms with Crippen molar-refractivity contribution in [2.75, 3.05) is 39.4 Å². The van der Waals surface area contributed by atoms with Gasteiger partial charge in [-0.3, -0.25) is 19.3 Å². The molecule has 3 aliphatic rings. The molecule has 2 aromatic rings. The van der Waals surface area contributed by atoms with Crippen LogP contribution >= 0.6 is 0 Å². The summed E-state index contributed by atoms with van der Waals surface area (Å²) in [5.41, 5.74) is 3.89. The smallest absolute Gasteiger partial charge is 0.255 e. The molecule has 1 N–H and O–H groups in total. The number of nitrogens with one attached hydrogen (secondary N) is 1. The van der Waals surface area contributed by atoms with E-state index in [0.717, 1.165) is 62.4 Å². The van der Waals surface area contributed by atoms with Crippen LogP contribution in [0.15, 0.2) is 54.6 Å². The van der Waals surface area contributed by atoms with Crippen LogP contribution in [0.4, 0.5) is 0 Å². The van der Waals surface area contributed by atoms with Crippen molar-refractivity contribution in [3.05, 3.63) is 76.9 Å². The molecule has 1 aliphatic carbocycles. The van der Waals surface area contributed by atoms with E-state index >= 15 is 0 Å². The molecule has 0 spiro atoms. The molecule has 0 aromatic heterocycles. The monoisotopic (exact) mass is 517 g/mol. The van der Waals surface area contributed by atoms with Gasteiger partial charge in [0.05, 0.1) is 25.8 Å². The highest BCUT2D eigenvalue weighted by atomic mass is 16.5. The summed E-state index contributed by atoms with van der Waals surface area (Å²) in [5, 5.41) is 2.99. The summed E-state index contributed by atoms with van der Waals surface area (Å²) in [4.78, 5) is 42.2. The van der Waals surface area contributed by atoms with Gasteiger partial charge < -0.3 is 19.7 Å². The Balaban J connectivity index is 1.13. The fourth-order valence-corrected chi connectivity index (χ4v) is 5.34. The van der Waals surface area contributed by atoms with E-state index in [-0.39, 0.29) is 17.6 Å². The van der Waals surface area contributed by atoms with Gasteiger partial charge in [-0.25, -0.2) is 0 Å². The largest absolute Gasteiger partial charge is 0.489 e. The summed E-state index contributed by atoms with van der Waals surface area (Å²) in [6.45, 7) is 9.68. The minimum atomic E-state index is -0.397. The van der Waals surface area contributed by atoms with E-state index in [0.29, 0.717) is 49.4 Å². The van der Waals surface area contributed by atoms with Crippen LogP contribution in [-0.4, -0.2) is 72.8 Å². The Labute approximate surface area is 223 Å². The molecule has 1 unspecified atom stereocenters. The normalized spacial score (nSPS) is 19.9. The Kier molecular flexibility index (Phi) is 8.20. The van der Waals surface area contributed by atoms with E-state index in [2.05, 4.69) is 16.8 Å². The number of Topliss-reactive ketones (excluding diaryl/α,β-unsaturated/α-hetero) is 1. The van der Waals surface area contributed by atoms with Crippen LogP contribution in [-0.2, 0) is 22.7 Å². The first-order valence-electron chi connectivity index (χ1n) is 13.4. The molecule has 2 heterocycles. The standard InChI is InChI=1S/C30H35N3O5/c1-21-6-11-26(27(34)18-21)33-19-25-24(30(33)36)4-2-5-28(25)38-20-22-7-9-23(10-8-22)29(35)31-12-3-13-32-14-16-37-17-15-32/h2,4-5,7-10,26H,1,3,6,11-20H2,(H,31,35). The first-order valence-corrected chi connectivity index (χ1v) is 13.4. The highest BCUT2D eigenvalue weighted by Crippen LogP contribution is 2.35. The number of hydrogen-bond donors (Lipinski definition) is 1. The maximum absolute atomic E-state index is 13.1. The molecule has 8 nitrogen and oxygen atoms in total. The third-order valence-corrected chi connectivity index (χ3v) is 7.55. The van der Waals surface area contributed by atoms with Gasteiger partial charge in [0.15, 0.2) is 5.78 Å². The maximum atomic E-state index is 13.1. The second-order valence-electron chi connectivity index (χ2n) is 10.2. The molecule has 2 aliphatic heterocycles. The SMILES string of the molecule is C=C1CCC(N2Cc3c(OCc4ccc(C(=O)NCCCN5CCOCC5)cc4)cccc3C2=O)C(=O)C1. The maximum Gasteiger partial charge on any atom is 0.255 e. The van der Waals surface area contributed by atoms with Gasteiger partial charge in [-0.05, 0) is 55.6 Å². The molecule has 38 heavy (non-hydrogen) atoms. The Bertz CT molecular complexity index is 1200. The summed E-state index contributed by atoms with van der Waals surface area (Å²) >= 11 is 0. The van der Waals surface area contributed by atoms with Crippen LogP contribution in [0.1, 0.15) is 57.5 Å². The first kappa shape index (κ1) is 26.1. The fourth-order valence-electron chi connectivity index (χ4n) is 5.34. The molecule has 0 radical (unpaired) electrons. The summed E-state index contributed by atoms with van der Waals surface area (Å²) in [6.07, 6.45) is 2.64. The lowest BCUT2D eigenvalue weighted by atomic mass is 9.90. The zero-order valence-electron chi connectivity index (χ0n) is 21.7. The number of ether oxygens (including phenoxy) is 2. The van der Waals surface area contributed by atoms with Gasteiger partial charge >= 0.3 is 0 Å². The lowest BCUT2D eigenvalue weighted by Gasteiger charge is -2.30. The van der Waals surface area contributed by atoms with Crippen molar-refractivity contribution in [1.29, 1.82) is 0 Å². The van der Waals surface area contributed by atoms with Gasteiger partial charge in [-0.2, -0.15) is 0 Å². The molecule has 200 valence electrons. The quantitative estimate of drug-likeness (QED) is 0.406. The average Bonchev–Trinajstić information content (AvgIpc) is 3.27. The van der Waals surface area contributed by atoms with Crippen LogP contribution in [0, 0.1) is 0 Å². The average molecular weight is 518 g/mol. The van der Waals surface area contributed by atoms with Gasteiger partial charge in [-0.15, -0.1) is 0 Å². The molecule has 1 saturated carbocycles. The number of benzene rings is 2. The minimum Gasteiger partial charge on any atom is -0.489 e. The van der Waals surface area contributed by atoms with E-state index in [1.165, 1.54) is 0 Å². The van der Waals surface area contributed by atoms with E-state index in [9.17, 15) is 14.4 Å². The number of rotatable bonds is 9. The summed E-state index contributed by atoms with van der Waals surface area (Å²) in [6, 6.07) is 12.5. The number of hydrogen-bond acceptors (Lipinski definition) is 6. The lowest BCUT2D eigenvalue weighted by Crippen LogP contribution is -2.43. The number of carbonyl (C=O) groups is 3. The summed E-state index contributed by atoms with van der Waals surface area (Å²) in [5.74, 6) is 0.510. The van der Waals surface area contributed by atoms with E-state index < -0.39 is 6.04 Å². The van der Waals surface area contributed by atoms with Gasteiger partial charge in [0.1, 0.15) is 12.4 Å². The Morgan fingerprint density at radius 3 is 2.66 bits per heavy atom. The molecule has 2 aromatic carbocycles. The van der Waals surface area contributed by atoms with E-state index in [1.807, 2.05) is 24.3 Å². The Morgan fingerprint density at radius 1 is 1.11 bits per heavy atom. The number of morpholine rings is 1. The molecule has 8 heteroatoms. The highest BCUT2D eigenvalue weighted by Gasteiger charge is 2.39. The van der Waals surface area contributed by atoms with Crippen LogP contribution in [0.5, 0.6) is 5.75 Å². The number of nitrogens with zero attached hydrogens (tertiary/aromatic N) is 2. The van der Waals surface area contributed by atoms with Crippen molar-refractivity contribution in [3.63, 3.8) is 0 Å². The van der Waals surface area contributed by atoms with Crippen LogP contribution in [0.25, 0.3) is 0 Å². The third kappa shape index (κ3) is 5.97. The van der Waals surface area contributed by atoms with E-state index in [4.69, 9.17) is 9.47 Å². The van der Waals surface area contributed by atoms with Gasteiger partial charge in [-0.1, -0.05) is 30.4 Å². The van der Waals surface area contributed by atoms with Gasteiger partial charge in [0, 0.05) is 42.7 Å². The van der Waals surface area contributed by atoms with Gasteiger partial charge in [0.2, 0.25) is 0 Å². The van der Waals surface area contributed by atoms with Crippen LogP contribution in [0.2, 0.25) is 0 Å². The van der Waals surface area contributed by atoms with Crippen LogP contribution in [0.3, 0.4) is 0 Å². The number of fused-ring (bicyclic) bond motifs is 1. The zero-order chi connectivity index (χ0) is 26.5. The lowest BCUT2D eigenvalue weighted by molar-refractivity contribution is -0.124. The molecule has 1 atom stereocenters. The van der Waals surface area contributed by atoms with Crippen molar-refractivity contribution in [3.8, 4) is 5.75 Å². The molecule has 2 amide bonds. The second kappa shape index (κ2) is 11.9. The fraction of sp³-hybridized carbons (Fsp3) is 0.433. The molecule has 0 bridgehead atoms. The summed E-state index contributed by atoms with van der Waals surface area (Å²) < 4.78 is 11.5. The Hall–Kier alpha value is -3.49. The van der Waals surface area contributed by atoms with Crippen LogP contribution < -0.4 is 10.1 Å². The molecular formula is C30H35N3O5. The summed E-state index contributed by atoms with van der Waals surface area (Å²) in [7, 11) is 0. The van der Waals surface area contributed by atoms with Crippen molar-refractivity contribution in [2.45, 2.75) is 44.9 Å². The first-order chi connectivity index (χ1) is 18.5. The van der Waals surface area contributed by atoms with Crippen molar-refractivity contribution >= 4 is 17.6 Å². The zero-order valence-corrected chi connectivity index (χ0v) is 21.7. The number of allylic oxidation sites excluding steroid dienone is 1. The minimum absolute atomic E-state index is 0.0612. The van der Waals surface area contributed by atoms with Crippen molar-refractivity contribution < 1.29 is 23.9 Å². The van der Waals surface area contributed by atoms with Gasteiger partial charge in [0.25, 0.3) is 11.8 Å². The number of carbonyl (C=O) groups excluding carboxylic acids is 3. The highest BCUT2D eigenvalue weighted by molar-refractivity contribution is 6.02. The molecular weight excluding hydrogens is 482 g/mol. The Morgan fingerprint density at radius 2 is 1.89 bits per heavy atom. The molecule has 5 rings (SSSR count). The topological polar surface area (TPSA) is 88.2 Å². The van der Waals surface area contributed by atoms with E-state index in [1.54, 1.807) is 23.1 Å². The predicted molar refractivity (Wildman–Crippen MR) is 143 cm³/mol. The second-order valence-corrected chi connectivity index (χ2v) is 10.2.